The van der Waals surface area contributed by atoms with Crippen LogP contribution in [-0.2, 0) is 0 Å². The van der Waals surface area contributed by atoms with Gasteiger partial charge >= 0.3 is 0 Å². The first-order valence-corrected chi connectivity index (χ1v) is 5.49. The van der Waals surface area contributed by atoms with Crippen LogP contribution in [0.1, 0.15) is 0 Å². The number of hydrogen-bond donors (Lipinski definition) is 2. The molecule has 0 aliphatic heterocycles. The van der Waals surface area contributed by atoms with Gasteiger partial charge in [-0.1, -0.05) is 11.6 Å². The van der Waals surface area contributed by atoms with Gasteiger partial charge in [-0.05, 0) is 24.3 Å². The number of hydrogen-bond acceptors (Lipinski definition) is 4. The molecule has 0 saturated carbocycles. The number of aromatic amines is 1. The summed E-state index contributed by atoms with van der Waals surface area (Å²) in [5, 5.41) is 13.4. The smallest absolute Gasteiger partial charge is 0.201 e. The molecule has 0 spiro atoms. The Balaban J connectivity index is 1.92. The van der Waals surface area contributed by atoms with Gasteiger partial charge in [-0.15, -0.1) is 5.10 Å². The van der Waals surface area contributed by atoms with Crippen molar-refractivity contribution in [2.24, 2.45) is 0 Å². The molecule has 0 atom stereocenters. The molecule has 2 aromatic heterocycles. The van der Waals surface area contributed by atoms with Crippen LogP contribution in [0.15, 0.2) is 30.5 Å². The van der Waals surface area contributed by atoms with Gasteiger partial charge in [-0.25, -0.2) is 9.37 Å². The van der Waals surface area contributed by atoms with Gasteiger partial charge < -0.3 is 5.32 Å². The lowest BCUT2D eigenvalue weighted by atomic mass is 10.3. The van der Waals surface area contributed by atoms with Crippen LogP contribution in [0.4, 0.5) is 15.8 Å². The zero-order chi connectivity index (χ0) is 12.5. The summed E-state index contributed by atoms with van der Waals surface area (Å²) in [5.41, 5.74) is 2.58. The second kappa shape index (κ2) is 4.23. The van der Waals surface area contributed by atoms with Crippen LogP contribution in [0.2, 0.25) is 5.02 Å². The average molecular weight is 264 g/mol. The van der Waals surface area contributed by atoms with Gasteiger partial charge in [-0.3, -0.25) is 0 Å². The highest BCUT2D eigenvalue weighted by atomic mass is 35.5. The number of fused-ring (bicyclic) bond motifs is 1. The van der Waals surface area contributed by atoms with E-state index < -0.39 is 5.82 Å². The lowest BCUT2D eigenvalue weighted by Gasteiger charge is -2.06. The topological polar surface area (TPSA) is 66.5 Å². The normalized spacial score (nSPS) is 10.8. The molecule has 90 valence electrons. The molecular formula is C11H7ClFN5. The van der Waals surface area contributed by atoms with Crippen LogP contribution in [0.3, 0.4) is 0 Å². The fourth-order valence-electron chi connectivity index (χ4n) is 1.55. The van der Waals surface area contributed by atoms with Crippen LogP contribution in [0, 0.1) is 5.82 Å². The highest BCUT2D eigenvalue weighted by Gasteiger charge is 2.04. The Bertz CT molecular complexity index is 711. The monoisotopic (exact) mass is 263 g/mol. The molecule has 1 aromatic carbocycles. The van der Waals surface area contributed by atoms with Crippen molar-refractivity contribution in [3.63, 3.8) is 0 Å². The number of rotatable bonds is 2. The number of anilines is 2. The summed E-state index contributed by atoms with van der Waals surface area (Å²) in [6, 6.07) is 6.17. The summed E-state index contributed by atoms with van der Waals surface area (Å²) < 4.78 is 13.0. The lowest BCUT2D eigenvalue weighted by Crippen LogP contribution is -1.92. The Hall–Kier alpha value is -2.21. The Labute approximate surface area is 106 Å². The number of nitrogens with one attached hydrogen (secondary N) is 2. The van der Waals surface area contributed by atoms with Gasteiger partial charge in [0.2, 0.25) is 5.65 Å². The molecular weight excluding hydrogens is 257 g/mol. The first-order valence-electron chi connectivity index (χ1n) is 5.11. The SMILES string of the molecule is Fc1ccc(Nc2cnc3n[nH]nc3c2)cc1Cl. The number of H-pyrrole nitrogens is 1. The summed E-state index contributed by atoms with van der Waals surface area (Å²) >= 11 is 5.70. The van der Waals surface area contributed by atoms with Gasteiger partial charge in [0.15, 0.2) is 0 Å². The number of halogens is 2. The molecule has 7 heteroatoms. The molecule has 0 unspecified atom stereocenters. The van der Waals surface area contributed by atoms with Gasteiger partial charge in [0, 0.05) is 5.69 Å². The maximum atomic E-state index is 13.0. The van der Waals surface area contributed by atoms with E-state index in [1.807, 2.05) is 0 Å². The molecule has 0 saturated heterocycles. The molecule has 0 aliphatic rings. The van der Waals surface area contributed by atoms with Crippen LogP contribution >= 0.6 is 11.6 Å². The molecule has 0 amide bonds. The van der Waals surface area contributed by atoms with Crippen molar-refractivity contribution in [2.75, 3.05) is 5.32 Å². The van der Waals surface area contributed by atoms with E-state index in [1.165, 1.54) is 12.1 Å². The van der Waals surface area contributed by atoms with Crippen LogP contribution in [0.25, 0.3) is 11.2 Å². The molecule has 2 heterocycles. The minimum absolute atomic E-state index is 0.0653. The van der Waals surface area contributed by atoms with E-state index in [0.717, 1.165) is 5.69 Å². The van der Waals surface area contributed by atoms with Gasteiger partial charge in [0.05, 0.1) is 16.9 Å². The van der Waals surface area contributed by atoms with E-state index in [-0.39, 0.29) is 5.02 Å². The quantitative estimate of drug-likeness (QED) is 0.746. The Morgan fingerprint density at radius 3 is 2.89 bits per heavy atom. The highest BCUT2D eigenvalue weighted by Crippen LogP contribution is 2.23. The fraction of sp³-hybridized carbons (Fsp3) is 0. The molecule has 0 aliphatic carbocycles. The number of benzene rings is 1. The number of aromatic nitrogens is 4. The third-order valence-electron chi connectivity index (χ3n) is 2.38. The molecule has 5 nitrogen and oxygen atoms in total. The molecule has 3 rings (SSSR count). The summed E-state index contributed by atoms with van der Waals surface area (Å²) in [4.78, 5) is 4.10. The van der Waals surface area contributed by atoms with Crippen molar-refractivity contribution in [2.45, 2.75) is 0 Å². The average Bonchev–Trinajstić information content (AvgIpc) is 2.81. The van der Waals surface area contributed by atoms with E-state index in [4.69, 9.17) is 11.6 Å². The van der Waals surface area contributed by atoms with E-state index >= 15 is 0 Å². The maximum Gasteiger partial charge on any atom is 0.201 e. The van der Waals surface area contributed by atoms with Gasteiger partial charge in [0.1, 0.15) is 11.3 Å². The molecule has 3 aromatic rings. The third kappa shape index (κ3) is 1.98. The summed E-state index contributed by atoms with van der Waals surface area (Å²) in [6.45, 7) is 0. The predicted octanol–water partition coefficient (Wildman–Crippen LogP) is 2.89. The lowest BCUT2D eigenvalue weighted by molar-refractivity contribution is 0.628. The van der Waals surface area contributed by atoms with Crippen molar-refractivity contribution in [1.82, 2.24) is 20.4 Å². The molecule has 0 fully saturated rings. The van der Waals surface area contributed by atoms with Crippen LogP contribution in [-0.4, -0.2) is 20.4 Å². The number of pyridine rings is 1. The van der Waals surface area contributed by atoms with E-state index in [2.05, 4.69) is 25.7 Å². The fourth-order valence-corrected chi connectivity index (χ4v) is 1.73. The standard InChI is InChI=1S/C11H7ClFN5/c12-8-3-6(1-2-9(8)13)15-7-4-10-11(14-5-7)17-18-16-10/h1-5,15H,(H,14,16,17,18). The third-order valence-corrected chi connectivity index (χ3v) is 2.67. The zero-order valence-corrected chi connectivity index (χ0v) is 9.74. The molecule has 0 bridgehead atoms. The molecule has 0 radical (unpaired) electrons. The Kier molecular flexibility index (Phi) is 2.56. The minimum atomic E-state index is -0.452. The molecule has 2 N–H and O–H groups in total. The highest BCUT2D eigenvalue weighted by molar-refractivity contribution is 6.31. The largest absolute Gasteiger partial charge is 0.354 e. The van der Waals surface area contributed by atoms with Crippen molar-refractivity contribution in [3.8, 4) is 0 Å². The van der Waals surface area contributed by atoms with E-state index in [0.29, 0.717) is 16.9 Å². The van der Waals surface area contributed by atoms with Gasteiger partial charge in [0.25, 0.3) is 0 Å². The first kappa shape index (κ1) is 10.9. The zero-order valence-electron chi connectivity index (χ0n) is 8.98. The maximum absolute atomic E-state index is 13.0. The van der Waals surface area contributed by atoms with Crippen molar-refractivity contribution < 1.29 is 4.39 Å². The summed E-state index contributed by atoms with van der Waals surface area (Å²) in [5.74, 6) is -0.452. The Morgan fingerprint density at radius 1 is 1.17 bits per heavy atom. The van der Waals surface area contributed by atoms with Crippen LogP contribution in [0.5, 0.6) is 0 Å². The van der Waals surface area contributed by atoms with Crippen molar-refractivity contribution in [3.05, 3.63) is 41.3 Å². The minimum Gasteiger partial charge on any atom is -0.354 e. The predicted molar refractivity (Wildman–Crippen MR) is 66.4 cm³/mol. The van der Waals surface area contributed by atoms with E-state index in [9.17, 15) is 4.39 Å². The van der Waals surface area contributed by atoms with Crippen LogP contribution < -0.4 is 5.32 Å². The second-order valence-electron chi connectivity index (χ2n) is 3.64. The summed E-state index contributed by atoms with van der Waals surface area (Å²) in [7, 11) is 0. The second-order valence-corrected chi connectivity index (χ2v) is 4.05. The molecule has 18 heavy (non-hydrogen) atoms. The van der Waals surface area contributed by atoms with Crippen molar-refractivity contribution >= 4 is 34.1 Å². The summed E-state index contributed by atoms with van der Waals surface area (Å²) in [6.07, 6.45) is 1.61. The first-order chi connectivity index (χ1) is 8.72. The number of nitrogens with zero attached hydrogens (tertiary/aromatic N) is 3. The van der Waals surface area contributed by atoms with E-state index in [1.54, 1.807) is 18.3 Å². The Morgan fingerprint density at radius 2 is 2.06 bits per heavy atom. The van der Waals surface area contributed by atoms with Gasteiger partial charge in [-0.2, -0.15) is 10.3 Å². The van der Waals surface area contributed by atoms with Crippen molar-refractivity contribution in [1.29, 1.82) is 0 Å².